The van der Waals surface area contributed by atoms with Gasteiger partial charge in [-0.2, -0.15) is 0 Å². The number of thioether (sulfide) groups is 1. The van der Waals surface area contributed by atoms with Gasteiger partial charge in [0.15, 0.2) is 0 Å². The fourth-order valence-electron chi connectivity index (χ4n) is 3.64. The van der Waals surface area contributed by atoms with Gasteiger partial charge in [0.05, 0.1) is 16.9 Å². The molecule has 1 amide bonds. The Hall–Kier alpha value is -1.09. The molecule has 0 saturated carbocycles. The van der Waals surface area contributed by atoms with Crippen LogP contribution >= 0.6 is 35.5 Å². The number of halogens is 1. The third-order valence-electron chi connectivity index (χ3n) is 4.91. The lowest BCUT2D eigenvalue weighted by Crippen LogP contribution is -2.52. The summed E-state index contributed by atoms with van der Waals surface area (Å²) in [6.07, 6.45) is 3.20. The molecule has 142 valence electrons. The van der Waals surface area contributed by atoms with E-state index in [0.717, 1.165) is 49.1 Å². The Balaban J connectivity index is 0.00000196. The Bertz CT molecular complexity index is 866. The molecule has 26 heavy (non-hydrogen) atoms. The first-order valence-corrected chi connectivity index (χ1v) is 10.7. The summed E-state index contributed by atoms with van der Waals surface area (Å²) in [6.45, 7) is 4.54. The first kappa shape index (κ1) is 19.7. The second-order valence-corrected chi connectivity index (χ2v) is 8.75. The summed E-state index contributed by atoms with van der Waals surface area (Å²) < 4.78 is 0. The van der Waals surface area contributed by atoms with Gasteiger partial charge in [0.1, 0.15) is 10.7 Å². The molecule has 2 aliphatic rings. The number of thiophene rings is 1. The Morgan fingerprint density at radius 2 is 2.27 bits per heavy atom. The minimum absolute atomic E-state index is 0. The lowest BCUT2D eigenvalue weighted by atomic mass is 10.2. The van der Waals surface area contributed by atoms with Crippen LogP contribution < -0.4 is 10.9 Å². The Morgan fingerprint density at radius 3 is 3.08 bits per heavy atom. The van der Waals surface area contributed by atoms with E-state index in [9.17, 15) is 9.59 Å². The minimum atomic E-state index is -0.0259. The van der Waals surface area contributed by atoms with Crippen LogP contribution in [0.3, 0.4) is 0 Å². The number of hydrogen-bond acceptors (Lipinski definition) is 6. The van der Waals surface area contributed by atoms with Crippen molar-refractivity contribution in [2.75, 3.05) is 25.4 Å². The molecule has 0 unspecified atom stereocenters. The molecule has 3 heterocycles. The van der Waals surface area contributed by atoms with Gasteiger partial charge in [0, 0.05) is 30.6 Å². The highest BCUT2D eigenvalue weighted by Crippen LogP contribution is 2.34. The largest absolute Gasteiger partial charge is 0.337 e. The zero-order chi connectivity index (χ0) is 17.4. The van der Waals surface area contributed by atoms with E-state index in [4.69, 9.17) is 0 Å². The van der Waals surface area contributed by atoms with E-state index in [2.05, 4.69) is 22.2 Å². The zero-order valence-corrected chi connectivity index (χ0v) is 17.1. The number of rotatable bonds is 4. The first-order valence-electron chi connectivity index (χ1n) is 8.75. The minimum Gasteiger partial charge on any atom is -0.337 e. The van der Waals surface area contributed by atoms with Gasteiger partial charge in [-0.15, -0.1) is 35.5 Å². The van der Waals surface area contributed by atoms with Crippen LogP contribution in [0.4, 0.5) is 0 Å². The highest BCUT2D eigenvalue weighted by Gasteiger charge is 2.23. The maximum atomic E-state index is 12.4. The van der Waals surface area contributed by atoms with Crippen molar-refractivity contribution in [1.82, 2.24) is 20.2 Å². The third-order valence-corrected chi connectivity index (χ3v) is 7.02. The van der Waals surface area contributed by atoms with Gasteiger partial charge in [0.25, 0.3) is 5.56 Å². The summed E-state index contributed by atoms with van der Waals surface area (Å²) in [5.74, 6) is 1.81. The van der Waals surface area contributed by atoms with Gasteiger partial charge < -0.3 is 15.2 Å². The number of H-pyrrole nitrogens is 1. The molecule has 2 N–H and O–H groups in total. The average Bonchev–Trinajstić information content (AvgIpc) is 3.15. The van der Waals surface area contributed by atoms with Gasteiger partial charge >= 0.3 is 0 Å². The van der Waals surface area contributed by atoms with Crippen LogP contribution in [0.1, 0.15) is 29.6 Å². The Morgan fingerprint density at radius 1 is 1.42 bits per heavy atom. The summed E-state index contributed by atoms with van der Waals surface area (Å²) in [4.78, 5) is 36.4. The molecular formula is C17H23ClN4O2S2. The number of piperazine rings is 1. The molecule has 2 aromatic rings. The van der Waals surface area contributed by atoms with E-state index in [-0.39, 0.29) is 29.9 Å². The predicted molar refractivity (Wildman–Crippen MR) is 110 cm³/mol. The Labute approximate surface area is 166 Å². The number of nitrogens with one attached hydrogen (secondary N) is 2. The summed E-state index contributed by atoms with van der Waals surface area (Å²) in [5, 5.41) is 4.08. The fourth-order valence-corrected chi connectivity index (χ4v) is 5.70. The van der Waals surface area contributed by atoms with Gasteiger partial charge in [-0.25, -0.2) is 4.98 Å². The van der Waals surface area contributed by atoms with Crippen molar-refractivity contribution in [1.29, 1.82) is 0 Å². The first-order chi connectivity index (χ1) is 12.1. The van der Waals surface area contributed by atoms with Crippen LogP contribution in [0.15, 0.2) is 4.79 Å². The third kappa shape index (κ3) is 3.78. The molecule has 2 aromatic heterocycles. The molecule has 1 aliphatic heterocycles. The summed E-state index contributed by atoms with van der Waals surface area (Å²) in [6, 6.07) is 0.240. The molecule has 1 aliphatic carbocycles. The van der Waals surface area contributed by atoms with Crippen LogP contribution in [-0.4, -0.2) is 52.2 Å². The number of aromatic amines is 1. The van der Waals surface area contributed by atoms with Gasteiger partial charge in [-0.1, -0.05) is 0 Å². The molecule has 1 saturated heterocycles. The number of hydrogen-bond donors (Lipinski definition) is 2. The molecule has 0 bridgehead atoms. The van der Waals surface area contributed by atoms with Crippen molar-refractivity contribution in [2.45, 2.75) is 38.0 Å². The van der Waals surface area contributed by atoms with Crippen molar-refractivity contribution in [2.24, 2.45) is 0 Å². The molecule has 1 fully saturated rings. The number of aryl methyl sites for hydroxylation is 2. The lowest BCUT2D eigenvalue weighted by molar-refractivity contribution is -0.131. The number of nitrogens with zero attached hydrogens (tertiary/aromatic N) is 2. The maximum Gasteiger partial charge on any atom is 0.259 e. The predicted octanol–water partition coefficient (Wildman–Crippen LogP) is 1.95. The fraction of sp³-hybridized carbons (Fsp3) is 0.588. The SMILES string of the molecule is C[C@@H]1CNCCN1C(=O)CSCc1nc2sc3c(c2c(=O)[nH]1)CCC3.Cl. The highest BCUT2D eigenvalue weighted by molar-refractivity contribution is 7.99. The van der Waals surface area contributed by atoms with Gasteiger partial charge in [-0.3, -0.25) is 9.59 Å². The average molecular weight is 415 g/mol. The van der Waals surface area contributed by atoms with E-state index in [0.29, 0.717) is 17.3 Å². The highest BCUT2D eigenvalue weighted by atomic mass is 35.5. The summed E-state index contributed by atoms with van der Waals surface area (Å²) in [5.41, 5.74) is 1.18. The normalized spacial score (nSPS) is 19.4. The molecule has 1 atom stereocenters. The number of aromatic nitrogens is 2. The zero-order valence-electron chi connectivity index (χ0n) is 14.7. The molecule has 0 aromatic carbocycles. The number of carbonyl (C=O) groups excluding carboxylic acids is 1. The van der Waals surface area contributed by atoms with E-state index in [1.165, 1.54) is 22.2 Å². The van der Waals surface area contributed by atoms with Gasteiger partial charge in [-0.05, 0) is 31.7 Å². The van der Waals surface area contributed by atoms with Crippen molar-refractivity contribution in [3.05, 3.63) is 26.6 Å². The van der Waals surface area contributed by atoms with Crippen molar-refractivity contribution < 1.29 is 4.79 Å². The second kappa shape index (κ2) is 8.29. The number of amides is 1. The number of carbonyl (C=O) groups is 1. The topological polar surface area (TPSA) is 78.1 Å². The lowest BCUT2D eigenvalue weighted by Gasteiger charge is -2.33. The quantitative estimate of drug-likeness (QED) is 0.799. The molecule has 0 spiro atoms. The molecule has 4 rings (SSSR count). The maximum absolute atomic E-state index is 12.4. The monoisotopic (exact) mass is 414 g/mol. The van der Waals surface area contributed by atoms with Crippen LogP contribution in [0.25, 0.3) is 10.2 Å². The van der Waals surface area contributed by atoms with Crippen LogP contribution in [-0.2, 0) is 23.4 Å². The van der Waals surface area contributed by atoms with Crippen LogP contribution in [0.2, 0.25) is 0 Å². The van der Waals surface area contributed by atoms with E-state index in [1.54, 1.807) is 11.3 Å². The standard InChI is InChI=1S/C17H22N4O2S2.ClH/c1-10-7-18-5-6-21(10)14(22)9-24-8-13-19-16(23)15-11-3-2-4-12(11)25-17(15)20-13;/h10,18H,2-9H2,1H3,(H,19,20,23);1H/t10-;/m1./s1. The van der Waals surface area contributed by atoms with Crippen molar-refractivity contribution in [3.63, 3.8) is 0 Å². The molecule has 0 radical (unpaired) electrons. The smallest absolute Gasteiger partial charge is 0.259 e. The van der Waals surface area contributed by atoms with Gasteiger partial charge in [0.2, 0.25) is 5.91 Å². The van der Waals surface area contributed by atoms with E-state index in [1.807, 2.05) is 4.90 Å². The van der Waals surface area contributed by atoms with Crippen LogP contribution in [0, 0.1) is 0 Å². The van der Waals surface area contributed by atoms with E-state index >= 15 is 0 Å². The van der Waals surface area contributed by atoms with Crippen molar-refractivity contribution in [3.8, 4) is 0 Å². The molecule has 9 heteroatoms. The van der Waals surface area contributed by atoms with E-state index < -0.39 is 0 Å². The summed E-state index contributed by atoms with van der Waals surface area (Å²) in [7, 11) is 0. The van der Waals surface area contributed by atoms with Crippen molar-refractivity contribution >= 4 is 51.6 Å². The summed E-state index contributed by atoms with van der Waals surface area (Å²) >= 11 is 3.17. The number of fused-ring (bicyclic) bond motifs is 3. The second-order valence-electron chi connectivity index (χ2n) is 6.68. The molecular weight excluding hydrogens is 392 g/mol. The van der Waals surface area contributed by atoms with Crippen LogP contribution in [0.5, 0.6) is 0 Å². The molecule has 6 nitrogen and oxygen atoms in total. The Kier molecular flexibility index (Phi) is 6.27.